The summed E-state index contributed by atoms with van der Waals surface area (Å²) in [4.78, 5) is 24.5. The maximum absolute atomic E-state index is 13.0. The molecule has 24 heavy (non-hydrogen) atoms. The van der Waals surface area contributed by atoms with Gasteiger partial charge in [-0.2, -0.15) is 13.2 Å². The average Bonchev–Trinajstić information content (AvgIpc) is 2.53. The first-order chi connectivity index (χ1) is 11.2. The van der Waals surface area contributed by atoms with Crippen LogP contribution in [0.15, 0.2) is 29.2 Å². The molecule has 0 bridgehead atoms. The van der Waals surface area contributed by atoms with Crippen molar-refractivity contribution in [2.24, 2.45) is 0 Å². The Hall–Kier alpha value is -2.31. The van der Waals surface area contributed by atoms with Gasteiger partial charge in [0.05, 0.1) is 17.7 Å². The lowest BCUT2D eigenvalue weighted by Crippen LogP contribution is -2.22. The minimum absolute atomic E-state index is 0.0638. The molecule has 1 aromatic carbocycles. The van der Waals surface area contributed by atoms with Gasteiger partial charge in [0.2, 0.25) is 5.43 Å². The average molecular weight is 341 g/mol. The first-order valence-corrected chi connectivity index (χ1v) is 7.63. The highest BCUT2D eigenvalue weighted by molar-refractivity contribution is 5.94. The topological polar surface area (TPSA) is 48.3 Å². The number of hydrogen-bond donors (Lipinski definition) is 0. The molecule has 0 saturated carbocycles. The Morgan fingerprint density at radius 3 is 2.50 bits per heavy atom. The van der Waals surface area contributed by atoms with Gasteiger partial charge in [-0.3, -0.25) is 4.79 Å². The fraction of sp³-hybridized carbons (Fsp3) is 0.412. The molecule has 1 heterocycles. The lowest BCUT2D eigenvalue weighted by molar-refractivity contribution is -0.137. The molecule has 1 unspecified atom stereocenters. The number of carbonyl (C=O) groups excluding carboxylic acids is 1. The molecule has 130 valence electrons. The van der Waals surface area contributed by atoms with E-state index in [0.717, 1.165) is 18.2 Å². The number of halogens is 3. The molecule has 0 spiro atoms. The number of rotatable bonds is 4. The van der Waals surface area contributed by atoms with Crippen LogP contribution < -0.4 is 5.43 Å². The highest BCUT2D eigenvalue weighted by atomic mass is 19.4. The number of carbonyl (C=O) groups is 1. The van der Waals surface area contributed by atoms with Gasteiger partial charge in [-0.25, -0.2) is 4.79 Å². The number of alkyl halides is 3. The third-order valence-electron chi connectivity index (χ3n) is 3.92. The van der Waals surface area contributed by atoms with Gasteiger partial charge >= 0.3 is 12.1 Å². The molecule has 0 N–H and O–H groups in total. The summed E-state index contributed by atoms with van der Waals surface area (Å²) in [5.74, 6) is -0.777. The van der Waals surface area contributed by atoms with E-state index in [1.807, 2.05) is 6.92 Å². The van der Waals surface area contributed by atoms with Gasteiger partial charge in [0, 0.05) is 17.6 Å². The van der Waals surface area contributed by atoms with Crippen LogP contribution in [0, 0.1) is 0 Å². The summed E-state index contributed by atoms with van der Waals surface area (Å²) in [6.07, 6.45) is -2.60. The Bertz CT molecular complexity index is 824. The van der Waals surface area contributed by atoms with Crippen molar-refractivity contribution < 1.29 is 22.7 Å². The SMILES string of the molecule is CCOC(=O)c1cn(C(C)CC)c2cc(C(F)(F)F)ccc2c1=O. The van der Waals surface area contributed by atoms with E-state index in [4.69, 9.17) is 4.74 Å². The standard InChI is InChI=1S/C17H18F3NO3/c1-4-10(3)21-9-13(16(23)24-5-2)15(22)12-7-6-11(8-14(12)21)17(18,19)20/h6-10H,4-5H2,1-3H3. The number of hydrogen-bond acceptors (Lipinski definition) is 3. The van der Waals surface area contributed by atoms with E-state index in [2.05, 4.69) is 0 Å². The van der Waals surface area contributed by atoms with Gasteiger partial charge in [0.15, 0.2) is 0 Å². The van der Waals surface area contributed by atoms with E-state index in [1.165, 1.54) is 10.8 Å². The van der Waals surface area contributed by atoms with Crippen molar-refractivity contribution in [2.45, 2.75) is 39.4 Å². The van der Waals surface area contributed by atoms with Crippen molar-refractivity contribution in [2.75, 3.05) is 6.61 Å². The molecule has 0 aliphatic carbocycles. The first kappa shape index (κ1) is 18.0. The zero-order chi connectivity index (χ0) is 18.1. The summed E-state index contributed by atoms with van der Waals surface area (Å²) >= 11 is 0. The van der Waals surface area contributed by atoms with Gasteiger partial charge in [0.25, 0.3) is 0 Å². The first-order valence-electron chi connectivity index (χ1n) is 7.63. The predicted octanol–water partition coefficient (Wildman–Crippen LogP) is 4.17. The zero-order valence-corrected chi connectivity index (χ0v) is 13.6. The summed E-state index contributed by atoms with van der Waals surface area (Å²) in [6, 6.07) is 2.71. The van der Waals surface area contributed by atoms with Gasteiger partial charge < -0.3 is 9.30 Å². The lowest BCUT2D eigenvalue weighted by Gasteiger charge is -2.19. The molecule has 0 aliphatic rings. The second kappa shape index (κ2) is 6.67. The van der Waals surface area contributed by atoms with Crippen molar-refractivity contribution in [3.05, 3.63) is 45.7 Å². The molecule has 0 amide bonds. The van der Waals surface area contributed by atoms with Crippen LogP contribution in [0.2, 0.25) is 0 Å². The lowest BCUT2D eigenvalue weighted by atomic mass is 10.1. The van der Waals surface area contributed by atoms with Crippen LogP contribution >= 0.6 is 0 Å². The highest BCUT2D eigenvalue weighted by Crippen LogP contribution is 2.31. The van der Waals surface area contributed by atoms with E-state index in [1.54, 1.807) is 13.8 Å². The number of esters is 1. The van der Waals surface area contributed by atoms with Crippen LogP contribution in [-0.2, 0) is 10.9 Å². The molecule has 4 nitrogen and oxygen atoms in total. The molecule has 2 aromatic rings. The Kier molecular flexibility index (Phi) is 5.01. The molecule has 0 fully saturated rings. The Morgan fingerprint density at radius 2 is 1.96 bits per heavy atom. The van der Waals surface area contributed by atoms with Crippen molar-refractivity contribution in [3.63, 3.8) is 0 Å². The second-order valence-electron chi connectivity index (χ2n) is 5.49. The van der Waals surface area contributed by atoms with E-state index < -0.39 is 23.1 Å². The third kappa shape index (κ3) is 3.29. The van der Waals surface area contributed by atoms with Crippen LogP contribution in [0.5, 0.6) is 0 Å². The summed E-state index contributed by atoms with van der Waals surface area (Å²) in [5.41, 5.74) is -1.49. The van der Waals surface area contributed by atoms with Crippen molar-refractivity contribution >= 4 is 16.9 Å². The summed E-state index contributed by atoms with van der Waals surface area (Å²) in [7, 11) is 0. The Labute approximate surface area is 136 Å². The fourth-order valence-electron chi connectivity index (χ4n) is 2.44. The van der Waals surface area contributed by atoms with Crippen LogP contribution in [0.25, 0.3) is 10.9 Å². The molecule has 1 aromatic heterocycles. The van der Waals surface area contributed by atoms with E-state index in [9.17, 15) is 22.8 Å². The summed E-state index contributed by atoms with van der Waals surface area (Å²) in [6.45, 7) is 5.39. The molecule has 0 aliphatic heterocycles. The quantitative estimate of drug-likeness (QED) is 0.784. The minimum Gasteiger partial charge on any atom is -0.462 e. The molecule has 2 rings (SSSR count). The number of nitrogens with zero attached hydrogens (tertiary/aromatic N) is 1. The number of pyridine rings is 1. The maximum Gasteiger partial charge on any atom is 0.416 e. The smallest absolute Gasteiger partial charge is 0.416 e. The highest BCUT2D eigenvalue weighted by Gasteiger charge is 2.31. The molecule has 7 heteroatoms. The monoisotopic (exact) mass is 341 g/mol. The predicted molar refractivity (Wildman–Crippen MR) is 84.2 cm³/mol. The normalized spacial score (nSPS) is 13.1. The largest absolute Gasteiger partial charge is 0.462 e. The van der Waals surface area contributed by atoms with Crippen LogP contribution in [0.1, 0.15) is 49.2 Å². The molecular formula is C17H18F3NO3. The molecule has 0 radical (unpaired) electrons. The maximum atomic E-state index is 13.0. The van der Waals surface area contributed by atoms with E-state index >= 15 is 0 Å². The van der Waals surface area contributed by atoms with Gasteiger partial charge in [-0.15, -0.1) is 0 Å². The minimum atomic E-state index is -4.51. The number of benzene rings is 1. The van der Waals surface area contributed by atoms with Crippen molar-refractivity contribution in [1.82, 2.24) is 4.57 Å². The number of fused-ring (bicyclic) bond motifs is 1. The number of aromatic nitrogens is 1. The fourth-order valence-corrected chi connectivity index (χ4v) is 2.44. The van der Waals surface area contributed by atoms with Crippen molar-refractivity contribution in [1.29, 1.82) is 0 Å². The van der Waals surface area contributed by atoms with Crippen molar-refractivity contribution in [3.8, 4) is 0 Å². The molecular weight excluding hydrogens is 323 g/mol. The zero-order valence-electron chi connectivity index (χ0n) is 13.6. The van der Waals surface area contributed by atoms with Gasteiger partial charge in [-0.05, 0) is 38.5 Å². The van der Waals surface area contributed by atoms with Crippen LogP contribution in [0.4, 0.5) is 13.2 Å². The second-order valence-corrected chi connectivity index (χ2v) is 5.49. The van der Waals surface area contributed by atoms with Crippen LogP contribution in [0.3, 0.4) is 0 Å². The summed E-state index contributed by atoms with van der Waals surface area (Å²) < 4.78 is 45.3. The van der Waals surface area contributed by atoms with Crippen LogP contribution in [-0.4, -0.2) is 17.1 Å². The number of ether oxygens (including phenoxy) is 1. The Morgan fingerprint density at radius 1 is 1.29 bits per heavy atom. The molecule has 0 saturated heterocycles. The summed E-state index contributed by atoms with van der Waals surface area (Å²) in [5, 5.41) is 0.0638. The Balaban J connectivity index is 2.82. The third-order valence-corrected chi connectivity index (χ3v) is 3.92. The molecule has 1 atom stereocenters. The van der Waals surface area contributed by atoms with E-state index in [-0.39, 0.29) is 29.1 Å². The van der Waals surface area contributed by atoms with Gasteiger partial charge in [-0.1, -0.05) is 6.92 Å². The van der Waals surface area contributed by atoms with E-state index in [0.29, 0.717) is 6.42 Å². The van der Waals surface area contributed by atoms with Gasteiger partial charge in [0.1, 0.15) is 5.56 Å².